The van der Waals surface area contributed by atoms with Crippen molar-refractivity contribution in [3.8, 4) is 5.75 Å². The molecule has 2 N–H and O–H groups in total. The molecule has 0 bridgehead atoms. The molecule has 2 rings (SSSR count). The van der Waals surface area contributed by atoms with Gasteiger partial charge in [-0.2, -0.15) is 0 Å². The molecule has 1 amide bonds. The number of methoxy groups -OCH3 is 1. The average molecular weight is 292 g/mol. The number of esters is 1. The van der Waals surface area contributed by atoms with Crippen molar-refractivity contribution >= 4 is 17.6 Å². The summed E-state index contributed by atoms with van der Waals surface area (Å²) in [5.74, 6) is -0.131. The minimum atomic E-state index is -0.507. The van der Waals surface area contributed by atoms with Crippen LogP contribution in [-0.2, 0) is 14.3 Å². The van der Waals surface area contributed by atoms with Gasteiger partial charge in [-0.05, 0) is 31.4 Å². The summed E-state index contributed by atoms with van der Waals surface area (Å²) in [6.07, 6.45) is 2.43. The molecule has 1 aliphatic heterocycles. The van der Waals surface area contributed by atoms with Crippen LogP contribution in [0, 0.1) is 0 Å². The predicted octanol–water partition coefficient (Wildman–Crippen LogP) is 1.20. The molecular formula is C15H20N2O4. The van der Waals surface area contributed by atoms with Gasteiger partial charge in [-0.1, -0.05) is 12.1 Å². The number of hydrogen-bond acceptors (Lipinski definition) is 5. The molecule has 1 fully saturated rings. The number of amides is 1. The van der Waals surface area contributed by atoms with Crippen molar-refractivity contribution in [2.24, 2.45) is 0 Å². The Balaban J connectivity index is 1.98. The molecule has 1 unspecified atom stereocenters. The number of carbonyl (C=O) groups is 2. The first-order chi connectivity index (χ1) is 10.1. The fraction of sp³-hybridized carbons (Fsp3) is 0.467. The molecule has 0 saturated carbocycles. The Hall–Kier alpha value is -2.24. The fourth-order valence-electron chi connectivity index (χ4n) is 2.45. The normalized spacial score (nSPS) is 18.1. The minimum absolute atomic E-state index is 0.137. The molecule has 1 saturated heterocycles. The molecule has 114 valence electrons. The third-order valence-corrected chi connectivity index (χ3v) is 3.57. The van der Waals surface area contributed by atoms with Crippen molar-refractivity contribution in [3.05, 3.63) is 24.3 Å². The smallest absolute Gasteiger partial charge is 0.328 e. The standard InChI is InChI=1S/C15H20N2O4/c1-20-15(19)12-7-4-5-9-17(12)14(18)10-21-13-8-3-2-6-11(13)16/h2-3,6,8,12H,4-5,7,9-10,16H2,1H3. The number of carbonyl (C=O) groups excluding carboxylic acids is 2. The van der Waals surface area contributed by atoms with Crippen molar-refractivity contribution in [3.63, 3.8) is 0 Å². The molecule has 1 heterocycles. The SMILES string of the molecule is COC(=O)C1CCCCN1C(=O)COc1ccccc1N. The molecule has 1 aliphatic rings. The molecule has 6 nitrogen and oxygen atoms in total. The van der Waals surface area contributed by atoms with E-state index in [0.29, 0.717) is 24.4 Å². The average Bonchev–Trinajstić information content (AvgIpc) is 2.53. The number of anilines is 1. The Labute approximate surface area is 123 Å². The molecule has 21 heavy (non-hydrogen) atoms. The van der Waals surface area contributed by atoms with Crippen LogP contribution < -0.4 is 10.5 Å². The Morgan fingerprint density at radius 2 is 2.10 bits per heavy atom. The number of nitrogen functional groups attached to an aromatic ring is 1. The van der Waals surface area contributed by atoms with E-state index in [9.17, 15) is 9.59 Å². The topological polar surface area (TPSA) is 81.9 Å². The molecule has 0 aliphatic carbocycles. The molecule has 0 aromatic heterocycles. The van der Waals surface area contributed by atoms with Gasteiger partial charge in [-0.25, -0.2) is 4.79 Å². The fourth-order valence-corrected chi connectivity index (χ4v) is 2.45. The van der Waals surface area contributed by atoms with Gasteiger partial charge in [0.2, 0.25) is 0 Å². The van der Waals surface area contributed by atoms with Crippen LogP contribution in [0.5, 0.6) is 5.75 Å². The number of nitrogens with two attached hydrogens (primary N) is 1. The van der Waals surface area contributed by atoms with Crippen molar-refractivity contribution < 1.29 is 19.1 Å². The van der Waals surface area contributed by atoms with E-state index in [1.807, 2.05) is 0 Å². The van der Waals surface area contributed by atoms with Crippen molar-refractivity contribution in [1.29, 1.82) is 0 Å². The monoisotopic (exact) mass is 292 g/mol. The van der Waals surface area contributed by atoms with Crippen LogP contribution in [0.4, 0.5) is 5.69 Å². The molecule has 1 aromatic carbocycles. The van der Waals surface area contributed by atoms with E-state index < -0.39 is 6.04 Å². The molecule has 6 heteroatoms. The Morgan fingerprint density at radius 3 is 2.81 bits per heavy atom. The zero-order chi connectivity index (χ0) is 15.2. The highest BCUT2D eigenvalue weighted by Gasteiger charge is 2.32. The number of hydrogen-bond donors (Lipinski definition) is 1. The van der Waals surface area contributed by atoms with E-state index in [4.69, 9.17) is 15.2 Å². The summed E-state index contributed by atoms with van der Waals surface area (Å²) in [4.78, 5) is 25.5. The van der Waals surface area contributed by atoms with E-state index in [1.165, 1.54) is 12.0 Å². The van der Waals surface area contributed by atoms with Gasteiger partial charge < -0.3 is 20.1 Å². The number of benzene rings is 1. The number of rotatable bonds is 4. The summed E-state index contributed by atoms with van der Waals surface area (Å²) in [6.45, 7) is 0.411. The molecular weight excluding hydrogens is 272 g/mol. The first-order valence-corrected chi connectivity index (χ1v) is 6.98. The van der Waals surface area contributed by atoms with Gasteiger partial charge in [0.1, 0.15) is 11.8 Å². The highest BCUT2D eigenvalue weighted by molar-refractivity contribution is 5.85. The molecule has 0 spiro atoms. The zero-order valence-electron chi connectivity index (χ0n) is 12.1. The number of likely N-dealkylation sites (tertiary alicyclic amines) is 1. The van der Waals surface area contributed by atoms with E-state index in [-0.39, 0.29) is 18.5 Å². The zero-order valence-corrected chi connectivity index (χ0v) is 12.1. The van der Waals surface area contributed by atoms with Crippen molar-refractivity contribution in [2.75, 3.05) is 26.0 Å². The molecule has 0 radical (unpaired) electrons. The van der Waals surface area contributed by atoms with Crippen LogP contribution >= 0.6 is 0 Å². The van der Waals surface area contributed by atoms with E-state index in [2.05, 4.69) is 0 Å². The van der Waals surface area contributed by atoms with Gasteiger partial charge >= 0.3 is 5.97 Å². The summed E-state index contributed by atoms with van der Waals surface area (Å²) in [6, 6.07) is 6.48. The summed E-state index contributed by atoms with van der Waals surface area (Å²) in [7, 11) is 1.33. The Morgan fingerprint density at radius 1 is 1.33 bits per heavy atom. The number of nitrogens with zero attached hydrogens (tertiary/aromatic N) is 1. The predicted molar refractivity (Wildman–Crippen MR) is 77.7 cm³/mol. The number of para-hydroxylation sites is 2. The lowest BCUT2D eigenvalue weighted by Gasteiger charge is -2.33. The van der Waals surface area contributed by atoms with Gasteiger partial charge in [0, 0.05) is 6.54 Å². The third kappa shape index (κ3) is 3.65. The maximum Gasteiger partial charge on any atom is 0.328 e. The van der Waals surface area contributed by atoms with Crippen LogP contribution in [-0.4, -0.2) is 43.1 Å². The second-order valence-corrected chi connectivity index (χ2v) is 4.95. The summed E-state index contributed by atoms with van der Waals surface area (Å²) in [5.41, 5.74) is 6.24. The number of piperidine rings is 1. The quantitative estimate of drug-likeness (QED) is 0.666. The van der Waals surface area contributed by atoms with Gasteiger partial charge in [0.05, 0.1) is 12.8 Å². The van der Waals surface area contributed by atoms with Gasteiger partial charge in [-0.15, -0.1) is 0 Å². The molecule has 1 aromatic rings. The first-order valence-electron chi connectivity index (χ1n) is 6.98. The van der Waals surface area contributed by atoms with Crippen LogP contribution in [0.2, 0.25) is 0 Å². The third-order valence-electron chi connectivity index (χ3n) is 3.57. The highest BCUT2D eigenvalue weighted by atomic mass is 16.5. The second kappa shape index (κ2) is 6.97. The van der Waals surface area contributed by atoms with E-state index in [0.717, 1.165) is 12.8 Å². The lowest BCUT2D eigenvalue weighted by Crippen LogP contribution is -2.50. The maximum absolute atomic E-state index is 12.3. The van der Waals surface area contributed by atoms with Crippen LogP contribution in [0.1, 0.15) is 19.3 Å². The first kappa shape index (κ1) is 15.2. The Kier molecular flexibility index (Phi) is 5.03. The highest BCUT2D eigenvalue weighted by Crippen LogP contribution is 2.21. The minimum Gasteiger partial charge on any atom is -0.482 e. The van der Waals surface area contributed by atoms with Gasteiger partial charge in [0.15, 0.2) is 6.61 Å². The summed E-state index contributed by atoms with van der Waals surface area (Å²) >= 11 is 0. The summed E-state index contributed by atoms with van der Waals surface area (Å²) < 4.78 is 10.2. The van der Waals surface area contributed by atoms with Crippen LogP contribution in [0.15, 0.2) is 24.3 Å². The Bertz CT molecular complexity index is 518. The van der Waals surface area contributed by atoms with E-state index >= 15 is 0 Å². The van der Waals surface area contributed by atoms with Crippen molar-refractivity contribution in [1.82, 2.24) is 4.90 Å². The number of ether oxygens (including phenoxy) is 2. The maximum atomic E-state index is 12.3. The lowest BCUT2D eigenvalue weighted by molar-refractivity contribution is -0.155. The van der Waals surface area contributed by atoms with Gasteiger partial charge in [0.25, 0.3) is 5.91 Å². The summed E-state index contributed by atoms with van der Waals surface area (Å²) in [5, 5.41) is 0. The second-order valence-electron chi connectivity index (χ2n) is 4.95. The van der Waals surface area contributed by atoms with Crippen molar-refractivity contribution in [2.45, 2.75) is 25.3 Å². The van der Waals surface area contributed by atoms with Crippen LogP contribution in [0.3, 0.4) is 0 Å². The van der Waals surface area contributed by atoms with E-state index in [1.54, 1.807) is 24.3 Å². The van der Waals surface area contributed by atoms with Gasteiger partial charge in [-0.3, -0.25) is 4.79 Å². The molecule has 1 atom stereocenters. The lowest BCUT2D eigenvalue weighted by atomic mass is 10.0. The largest absolute Gasteiger partial charge is 0.482 e. The van der Waals surface area contributed by atoms with Crippen LogP contribution in [0.25, 0.3) is 0 Å².